The molecule has 0 unspecified atom stereocenters. The molecule has 2 aromatic carbocycles. The van der Waals surface area contributed by atoms with Crippen molar-refractivity contribution >= 4 is 23.3 Å². The van der Waals surface area contributed by atoms with Gasteiger partial charge in [-0.2, -0.15) is 0 Å². The van der Waals surface area contributed by atoms with Crippen LogP contribution in [0.25, 0.3) is 0 Å². The number of urea groups is 1. The molecule has 0 aliphatic heterocycles. The fraction of sp³-hybridized carbons (Fsp3) is 0.105. The number of nitrogens with zero attached hydrogens (tertiary/aromatic N) is 1. The SMILES string of the molecule is O=C(Nc1ccc(Cl)cc1)N(Cc1ccccc1)Cc1ccco1. The zero-order chi connectivity index (χ0) is 16.8. The van der Waals surface area contributed by atoms with Gasteiger partial charge in [-0.05, 0) is 42.0 Å². The Bertz CT molecular complexity index is 771. The number of nitrogens with one attached hydrogen (secondary N) is 1. The van der Waals surface area contributed by atoms with E-state index >= 15 is 0 Å². The molecule has 1 N–H and O–H groups in total. The molecule has 3 rings (SSSR count). The molecule has 4 nitrogen and oxygen atoms in total. The second-order valence-corrected chi connectivity index (χ2v) is 5.79. The summed E-state index contributed by atoms with van der Waals surface area (Å²) in [5.41, 5.74) is 1.75. The quantitative estimate of drug-likeness (QED) is 0.696. The smallest absolute Gasteiger partial charge is 0.322 e. The molecule has 0 aliphatic rings. The van der Waals surface area contributed by atoms with Gasteiger partial charge in [0.25, 0.3) is 0 Å². The minimum absolute atomic E-state index is 0.197. The third-order valence-electron chi connectivity index (χ3n) is 3.53. The number of carbonyl (C=O) groups excluding carboxylic acids is 1. The van der Waals surface area contributed by atoms with Gasteiger partial charge in [0, 0.05) is 17.3 Å². The van der Waals surface area contributed by atoms with Crippen LogP contribution in [-0.2, 0) is 13.1 Å². The van der Waals surface area contributed by atoms with Gasteiger partial charge >= 0.3 is 6.03 Å². The molecule has 0 saturated carbocycles. The van der Waals surface area contributed by atoms with Gasteiger partial charge in [0.1, 0.15) is 5.76 Å². The fourth-order valence-corrected chi connectivity index (χ4v) is 2.46. The Morgan fingerprint density at radius 1 is 0.958 bits per heavy atom. The van der Waals surface area contributed by atoms with Crippen LogP contribution in [0, 0.1) is 0 Å². The number of carbonyl (C=O) groups is 1. The molecular formula is C19H17ClN2O2. The van der Waals surface area contributed by atoms with Crippen molar-refractivity contribution in [3.63, 3.8) is 0 Å². The number of anilines is 1. The molecule has 0 atom stereocenters. The Morgan fingerprint density at radius 3 is 2.38 bits per heavy atom. The normalized spacial score (nSPS) is 10.4. The minimum Gasteiger partial charge on any atom is -0.467 e. The largest absolute Gasteiger partial charge is 0.467 e. The average molecular weight is 341 g/mol. The number of benzene rings is 2. The summed E-state index contributed by atoms with van der Waals surface area (Å²) >= 11 is 5.88. The van der Waals surface area contributed by atoms with Gasteiger partial charge < -0.3 is 14.6 Å². The monoisotopic (exact) mass is 340 g/mol. The summed E-state index contributed by atoms with van der Waals surface area (Å²) in [7, 11) is 0. The highest BCUT2D eigenvalue weighted by Crippen LogP contribution is 2.16. The van der Waals surface area contributed by atoms with Gasteiger partial charge in [0.2, 0.25) is 0 Å². The van der Waals surface area contributed by atoms with E-state index in [1.54, 1.807) is 35.4 Å². The number of amides is 2. The van der Waals surface area contributed by atoms with Gasteiger partial charge in [-0.3, -0.25) is 0 Å². The van der Waals surface area contributed by atoms with Crippen LogP contribution in [0.15, 0.2) is 77.4 Å². The first-order valence-corrected chi connectivity index (χ1v) is 7.96. The highest BCUT2D eigenvalue weighted by molar-refractivity contribution is 6.30. The summed E-state index contributed by atoms with van der Waals surface area (Å²) < 4.78 is 5.38. The van der Waals surface area contributed by atoms with Crippen molar-refractivity contribution in [2.24, 2.45) is 0 Å². The molecule has 1 aromatic heterocycles. The van der Waals surface area contributed by atoms with Crippen LogP contribution in [-0.4, -0.2) is 10.9 Å². The Labute approximate surface area is 145 Å². The van der Waals surface area contributed by atoms with Crippen molar-refractivity contribution in [2.75, 3.05) is 5.32 Å². The number of halogens is 1. The highest BCUT2D eigenvalue weighted by atomic mass is 35.5. The maximum absolute atomic E-state index is 12.7. The molecule has 2 amide bonds. The molecule has 122 valence electrons. The Balaban J connectivity index is 1.74. The summed E-state index contributed by atoms with van der Waals surface area (Å²) in [4.78, 5) is 14.4. The molecule has 5 heteroatoms. The van der Waals surface area contributed by atoms with E-state index in [-0.39, 0.29) is 6.03 Å². The number of furan rings is 1. The van der Waals surface area contributed by atoms with E-state index in [4.69, 9.17) is 16.0 Å². The molecule has 24 heavy (non-hydrogen) atoms. The summed E-state index contributed by atoms with van der Waals surface area (Å²) in [6.45, 7) is 0.877. The zero-order valence-corrected chi connectivity index (χ0v) is 13.7. The van der Waals surface area contributed by atoms with Crippen molar-refractivity contribution in [1.82, 2.24) is 4.90 Å². The molecule has 0 fully saturated rings. The molecule has 0 saturated heterocycles. The molecule has 0 spiro atoms. The van der Waals surface area contributed by atoms with E-state index in [0.717, 1.165) is 11.3 Å². The second kappa shape index (κ2) is 7.70. The van der Waals surface area contributed by atoms with Crippen LogP contribution < -0.4 is 5.32 Å². The summed E-state index contributed by atoms with van der Waals surface area (Å²) in [5, 5.41) is 3.52. The Hall–Kier alpha value is -2.72. The van der Waals surface area contributed by atoms with Gasteiger partial charge in [-0.1, -0.05) is 41.9 Å². The van der Waals surface area contributed by atoms with Gasteiger partial charge in [-0.25, -0.2) is 4.79 Å². The first-order valence-electron chi connectivity index (χ1n) is 7.58. The van der Waals surface area contributed by atoms with Gasteiger partial charge in [-0.15, -0.1) is 0 Å². The third-order valence-corrected chi connectivity index (χ3v) is 3.78. The number of hydrogen-bond acceptors (Lipinski definition) is 2. The molecular weight excluding hydrogens is 324 g/mol. The molecule has 0 aliphatic carbocycles. The molecule has 3 aromatic rings. The molecule has 0 radical (unpaired) electrons. The van der Waals surface area contributed by atoms with E-state index < -0.39 is 0 Å². The number of hydrogen-bond donors (Lipinski definition) is 1. The lowest BCUT2D eigenvalue weighted by Crippen LogP contribution is -2.33. The van der Waals surface area contributed by atoms with E-state index in [1.165, 1.54) is 0 Å². The van der Waals surface area contributed by atoms with Crippen LogP contribution in [0.5, 0.6) is 0 Å². The highest BCUT2D eigenvalue weighted by Gasteiger charge is 2.16. The van der Waals surface area contributed by atoms with Crippen molar-refractivity contribution in [3.05, 3.63) is 89.3 Å². The molecule has 1 heterocycles. The van der Waals surface area contributed by atoms with E-state index in [9.17, 15) is 4.79 Å². The Kier molecular flexibility index (Phi) is 5.18. The predicted molar refractivity (Wildman–Crippen MR) is 94.9 cm³/mol. The van der Waals surface area contributed by atoms with Gasteiger partial charge in [0.15, 0.2) is 0 Å². The van der Waals surface area contributed by atoms with Crippen LogP contribution in [0.4, 0.5) is 10.5 Å². The van der Waals surface area contributed by atoms with Crippen molar-refractivity contribution in [3.8, 4) is 0 Å². The van der Waals surface area contributed by atoms with Crippen LogP contribution in [0.1, 0.15) is 11.3 Å². The van der Waals surface area contributed by atoms with Crippen molar-refractivity contribution in [2.45, 2.75) is 13.1 Å². The van der Waals surface area contributed by atoms with E-state index in [0.29, 0.717) is 23.8 Å². The lowest BCUT2D eigenvalue weighted by molar-refractivity contribution is 0.201. The standard InChI is InChI=1S/C19H17ClN2O2/c20-16-8-10-17(11-9-16)21-19(23)22(14-18-7-4-12-24-18)13-15-5-2-1-3-6-15/h1-12H,13-14H2,(H,21,23). The first kappa shape index (κ1) is 16.1. The van der Waals surface area contributed by atoms with Gasteiger partial charge in [0.05, 0.1) is 12.8 Å². The second-order valence-electron chi connectivity index (χ2n) is 5.36. The van der Waals surface area contributed by atoms with E-state index in [2.05, 4.69) is 5.32 Å². The minimum atomic E-state index is -0.197. The number of rotatable bonds is 5. The maximum atomic E-state index is 12.7. The maximum Gasteiger partial charge on any atom is 0.322 e. The molecule has 0 bridgehead atoms. The van der Waals surface area contributed by atoms with Crippen LogP contribution in [0.3, 0.4) is 0 Å². The topological polar surface area (TPSA) is 45.5 Å². The zero-order valence-electron chi connectivity index (χ0n) is 13.0. The third kappa shape index (κ3) is 4.40. The lowest BCUT2D eigenvalue weighted by Gasteiger charge is -2.22. The van der Waals surface area contributed by atoms with Crippen LogP contribution in [0.2, 0.25) is 5.02 Å². The summed E-state index contributed by atoms with van der Waals surface area (Å²) in [5.74, 6) is 0.734. The van der Waals surface area contributed by atoms with Crippen molar-refractivity contribution in [1.29, 1.82) is 0 Å². The van der Waals surface area contributed by atoms with Crippen molar-refractivity contribution < 1.29 is 9.21 Å². The van der Waals surface area contributed by atoms with E-state index in [1.807, 2.05) is 42.5 Å². The summed E-state index contributed by atoms with van der Waals surface area (Å²) in [6, 6.07) is 20.3. The fourth-order valence-electron chi connectivity index (χ4n) is 2.33. The first-order chi connectivity index (χ1) is 11.7. The average Bonchev–Trinajstić information content (AvgIpc) is 3.10. The Morgan fingerprint density at radius 2 is 1.71 bits per heavy atom. The summed E-state index contributed by atoms with van der Waals surface area (Å²) in [6.07, 6.45) is 1.60. The predicted octanol–water partition coefficient (Wildman–Crippen LogP) is 5.17. The lowest BCUT2D eigenvalue weighted by atomic mass is 10.2. The van der Waals surface area contributed by atoms with Crippen LogP contribution >= 0.6 is 11.6 Å².